The van der Waals surface area contributed by atoms with Crippen LogP contribution in [0.2, 0.25) is 0 Å². The van der Waals surface area contributed by atoms with Gasteiger partial charge >= 0.3 is 0 Å². The van der Waals surface area contributed by atoms with E-state index in [4.69, 9.17) is 9.15 Å². The Morgan fingerprint density at radius 1 is 1.22 bits per heavy atom. The van der Waals surface area contributed by atoms with Gasteiger partial charge in [0.2, 0.25) is 0 Å². The fourth-order valence-corrected chi connectivity index (χ4v) is 4.30. The highest BCUT2D eigenvalue weighted by Crippen LogP contribution is 2.41. The average Bonchev–Trinajstić information content (AvgIpc) is 3.42. The van der Waals surface area contributed by atoms with Crippen molar-refractivity contribution in [1.29, 1.82) is 0 Å². The Morgan fingerprint density at radius 2 is 2.00 bits per heavy atom. The molecule has 2 aliphatic heterocycles. The number of hydrogen-bond acceptors (Lipinski definition) is 7. The average molecular weight is 440 g/mol. The molecule has 0 radical (unpaired) electrons. The van der Waals surface area contributed by atoms with Gasteiger partial charge in [-0.15, -0.1) is 0 Å². The summed E-state index contributed by atoms with van der Waals surface area (Å²) in [7, 11) is 1.94. The van der Waals surface area contributed by atoms with Crippen LogP contribution in [0.1, 0.15) is 31.2 Å². The molecule has 32 heavy (non-hydrogen) atoms. The predicted molar refractivity (Wildman–Crippen MR) is 121 cm³/mol. The fourth-order valence-electron chi connectivity index (χ4n) is 4.30. The van der Waals surface area contributed by atoms with Gasteiger partial charge in [0.1, 0.15) is 29.9 Å². The Balaban J connectivity index is 1.76. The lowest BCUT2D eigenvalue weighted by molar-refractivity contribution is -0.140. The van der Waals surface area contributed by atoms with Crippen molar-refractivity contribution in [3.8, 4) is 5.75 Å². The first-order valence-corrected chi connectivity index (χ1v) is 11.0. The number of aliphatic hydroxyl groups is 1. The van der Waals surface area contributed by atoms with Crippen molar-refractivity contribution in [1.82, 2.24) is 9.80 Å². The van der Waals surface area contributed by atoms with Gasteiger partial charge in [-0.2, -0.15) is 0 Å². The summed E-state index contributed by atoms with van der Waals surface area (Å²) in [5.41, 5.74) is 1.33. The molecule has 8 heteroatoms. The number of amides is 1. The number of furan rings is 1. The topological polar surface area (TPSA) is 86.5 Å². The molecular formula is C24H29N3O5. The van der Waals surface area contributed by atoms with Crippen molar-refractivity contribution in [3.63, 3.8) is 0 Å². The number of ketones is 1. The number of anilines is 1. The van der Waals surface area contributed by atoms with Crippen LogP contribution < -0.4 is 9.64 Å². The molecule has 1 aromatic heterocycles. The number of aliphatic hydroxyl groups excluding tert-OH is 1. The Kier molecular flexibility index (Phi) is 6.23. The number of carbonyl (C=O) groups excluding carboxylic acids is 2. The molecule has 0 bridgehead atoms. The third-order valence-corrected chi connectivity index (χ3v) is 6.23. The van der Waals surface area contributed by atoms with Gasteiger partial charge in [-0.3, -0.25) is 9.59 Å². The molecule has 1 unspecified atom stereocenters. The molecule has 3 heterocycles. The number of benzene rings is 1. The van der Waals surface area contributed by atoms with Crippen LogP contribution in [-0.4, -0.2) is 73.0 Å². The van der Waals surface area contributed by atoms with E-state index in [9.17, 15) is 14.7 Å². The zero-order chi connectivity index (χ0) is 22.8. The number of likely N-dealkylation sites (N-methyl/N-ethyl adjacent to an activating group) is 2. The van der Waals surface area contributed by atoms with E-state index in [-0.39, 0.29) is 11.3 Å². The van der Waals surface area contributed by atoms with Gasteiger partial charge in [-0.05, 0) is 43.4 Å². The van der Waals surface area contributed by atoms with Crippen LogP contribution in [0.5, 0.6) is 5.75 Å². The fraction of sp³-hybridized carbons (Fsp3) is 0.417. The summed E-state index contributed by atoms with van der Waals surface area (Å²) < 4.78 is 11.3. The molecule has 0 aliphatic carbocycles. The van der Waals surface area contributed by atoms with E-state index >= 15 is 0 Å². The lowest BCUT2D eigenvalue weighted by atomic mass is 9.98. The zero-order valence-electron chi connectivity index (χ0n) is 18.7. The summed E-state index contributed by atoms with van der Waals surface area (Å²) in [6.45, 7) is 8.09. The molecule has 1 amide bonds. The minimum Gasteiger partial charge on any atom is -0.507 e. The van der Waals surface area contributed by atoms with Gasteiger partial charge in [-0.1, -0.05) is 13.8 Å². The maximum absolute atomic E-state index is 13.1. The molecule has 4 rings (SSSR count). The van der Waals surface area contributed by atoms with Crippen molar-refractivity contribution in [2.24, 2.45) is 0 Å². The van der Waals surface area contributed by atoms with Gasteiger partial charge in [0.05, 0.1) is 24.1 Å². The molecule has 2 aromatic rings. The van der Waals surface area contributed by atoms with Gasteiger partial charge in [0.25, 0.3) is 11.7 Å². The van der Waals surface area contributed by atoms with Gasteiger partial charge in [-0.25, -0.2) is 0 Å². The monoisotopic (exact) mass is 439 g/mol. The molecule has 1 saturated heterocycles. The molecule has 1 fully saturated rings. The minimum atomic E-state index is -0.773. The summed E-state index contributed by atoms with van der Waals surface area (Å²) in [5.74, 6) is -0.373. The van der Waals surface area contributed by atoms with E-state index in [1.165, 1.54) is 11.2 Å². The van der Waals surface area contributed by atoms with Crippen molar-refractivity contribution < 1.29 is 23.8 Å². The zero-order valence-corrected chi connectivity index (χ0v) is 18.7. The molecule has 170 valence electrons. The number of nitrogens with zero attached hydrogens (tertiary/aromatic N) is 3. The highest BCUT2D eigenvalue weighted by Gasteiger charge is 2.47. The van der Waals surface area contributed by atoms with E-state index < -0.39 is 17.7 Å². The summed E-state index contributed by atoms with van der Waals surface area (Å²) in [5, 5.41) is 11.2. The number of fused-ring (bicyclic) bond motifs is 1. The third-order valence-electron chi connectivity index (χ3n) is 6.23. The van der Waals surface area contributed by atoms with Crippen LogP contribution in [0.25, 0.3) is 5.76 Å². The lowest BCUT2D eigenvalue weighted by Gasteiger charge is -2.28. The first-order valence-electron chi connectivity index (χ1n) is 11.0. The van der Waals surface area contributed by atoms with E-state index in [1.54, 1.807) is 30.3 Å². The van der Waals surface area contributed by atoms with Crippen LogP contribution in [0.3, 0.4) is 0 Å². The summed E-state index contributed by atoms with van der Waals surface area (Å²) in [6.07, 6.45) is 1.50. The Hall–Kier alpha value is -3.26. The number of Topliss-reactive ketones (excluding diaryl/α,β-unsaturated/α-hetero) is 1. The van der Waals surface area contributed by atoms with Crippen molar-refractivity contribution >= 4 is 23.1 Å². The minimum absolute atomic E-state index is 0.0452. The maximum atomic E-state index is 13.1. The molecule has 1 aromatic carbocycles. The molecule has 2 aliphatic rings. The quantitative estimate of drug-likeness (QED) is 0.403. The molecule has 8 nitrogen and oxygen atoms in total. The highest BCUT2D eigenvalue weighted by atomic mass is 16.5. The van der Waals surface area contributed by atoms with E-state index in [1.807, 2.05) is 11.9 Å². The number of ether oxygens (including phenoxy) is 1. The Bertz CT molecular complexity index is 1030. The second-order valence-corrected chi connectivity index (χ2v) is 7.99. The van der Waals surface area contributed by atoms with Gasteiger partial charge < -0.3 is 29.0 Å². The molecule has 1 atom stereocenters. The van der Waals surface area contributed by atoms with Crippen LogP contribution in [0, 0.1) is 0 Å². The maximum Gasteiger partial charge on any atom is 0.295 e. The van der Waals surface area contributed by atoms with Crippen LogP contribution >= 0.6 is 0 Å². The largest absolute Gasteiger partial charge is 0.507 e. The molecular weight excluding hydrogens is 410 g/mol. The Labute approximate surface area is 187 Å². The van der Waals surface area contributed by atoms with Crippen LogP contribution in [-0.2, 0) is 9.59 Å². The van der Waals surface area contributed by atoms with Crippen molar-refractivity contribution in [2.75, 3.05) is 51.3 Å². The molecule has 0 saturated carbocycles. The second-order valence-electron chi connectivity index (χ2n) is 7.99. The third kappa shape index (κ3) is 3.86. The van der Waals surface area contributed by atoms with E-state index in [2.05, 4.69) is 18.7 Å². The SMILES string of the molecule is CCN(CC)CCN1C(=O)C(=O)/C(=C(\O)c2ccc3c(c2)N(C)CCO3)C1c1ccco1. The standard InChI is InChI=1S/C24H29N3O5/c1-4-26(5-2)10-11-27-21(19-7-6-13-31-19)20(23(29)24(27)30)22(28)16-8-9-18-17(15-16)25(3)12-14-32-18/h6-9,13,15,21,28H,4-5,10-12,14H2,1-3H3/b22-20-. The number of likely N-dealkylation sites (tertiary alicyclic amines) is 1. The first-order chi connectivity index (χ1) is 15.5. The number of rotatable bonds is 7. The molecule has 1 N–H and O–H groups in total. The van der Waals surface area contributed by atoms with Crippen LogP contribution in [0.4, 0.5) is 5.69 Å². The van der Waals surface area contributed by atoms with E-state index in [0.717, 1.165) is 31.1 Å². The van der Waals surface area contributed by atoms with Gasteiger partial charge in [0, 0.05) is 25.7 Å². The van der Waals surface area contributed by atoms with E-state index in [0.29, 0.717) is 31.0 Å². The Morgan fingerprint density at radius 3 is 2.69 bits per heavy atom. The summed E-state index contributed by atoms with van der Waals surface area (Å²) >= 11 is 0. The second kappa shape index (κ2) is 9.08. The van der Waals surface area contributed by atoms with Crippen molar-refractivity contribution in [3.05, 3.63) is 53.5 Å². The number of hydrogen-bond donors (Lipinski definition) is 1. The first kappa shape index (κ1) is 22.0. The highest BCUT2D eigenvalue weighted by molar-refractivity contribution is 6.46. The summed E-state index contributed by atoms with van der Waals surface area (Å²) in [6, 6.07) is 7.93. The lowest BCUT2D eigenvalue weighted by Crippen LogP contribution is -2.37. The predicted octanol–water partition coefficient (Wildman–Crippen LogP) is 2.87. The van der Waals surface area contributed by atoms with Gasteiger partial charge in [0.15, 0.2) is 0 Å². The smallest absolute Gasteiger partial charge is 0.295 e. The number of carbonyl (C=O) groups is 2. The van der Waals surface area contributed by atoms with Crippen molar-refractivity contribution in [2.45, 2.75) is 19.9 Å². The van der Waals surface area contributed by atoms with Crippen LogP contribution in [0.15, 0.2) is 46.6 Å². The normalized spacial score (nSPS) is 20.1. The summed E-state index contributed by atoms with van der Waals surface area (Å²) in [4.78, 5) is 31.8. The molecule has 0 spiro atoms.